The van der Waals surface area contributed by atoms with Crippen LogP contribution in [0.25, 0.3) is 0 Å². The Morgan fingerprint density at radius 2 is 1.60 bits per heavy atom. The molecule has 1 atom stereocenters. The first-order valence-corrected chi connectivity index (χ1v) is 6.71. The van der Waals surface area contributed by atoms with E-state index < -0.39 is 18.0 Å². The van der Waals surface area contributed by atoms with Crippen LogP contribution in [0.5, 0.6) is 0 Å². The van der Waals surface area contributed by atoms with E-state index in [9.17, 15) is 14.4 Å². The molecule has 0 radical (unpaired) electrons. The number of unbranched alkanes of at least 4 members (excludes halogenated alkanes) is 4. The SMILES string of the molecule is CCCCCCCC(=O)NC(CCC(=O)O)C(=O)O.[NaH]. The summed E-state index contributed by atoms with van der Waals surface area (Å²) < 4.78 is 0. The van der Waals surface area contributed by atoms with Gasteiger partial charge in [-0.15, -0.1) is 0 Å². The van der Waals surface area contributed by atoms with Crippen molar-refractivity contribution in [2.45, 2.75) is 64.3 Å². The molecule has 3 N–H and O–H groups in total. The van der Waals surface area contributed by atoms with Crippen molar-refractivity contribution in [3.63, 3.8) is 0 Å². The second-order valence-electron chi connectivity index (χ2n) is 4.55. The molecule has 0 aromatic carbocycles. The van der Waals surface area contributed by atoms with Gasteiger partial charge in [-0.05, 0) is 12.8 Å². The standard InChI is InChI=1S/C13H23NO5.Na.H/c1-2-3-4-5-6-7-11(15)14-10(13(18)19)8-9-12(16)17;;/h10H,2-9H2,1H3,(H,14,15)(H,16,17)(H,18,19);;. The minimum atomic E-state index is -1.19. The number of rotatable bonds is 11. The molecule has 0 saturated heterocycles. The minimum absolute atomic E-state index is 0. The summed E-state index contributed by atoms with van der Waals surface area (Å²) in [4.78, 5) is 32.7. The molecule has 20 heavy (non-hydrogen) atoms. The molecule has 6 nitrogen and oxygen atoms in total. The molecule has 0 saturated carbocycles. The van der Waals surface area contributed by atoms with Crippen molar-refractivity contribution in [3.05, 3.63) is 0 Å². The Labute approximate surface area is 141 Å². The molecule has 1 unspecified atom stereocenters. The van der Waals surface area contributed by atoms with Gasteiger partial charge in [-0.1, -0.05) is 32.6 Å². The number of amides is 1. The summed E-state index contributed by atoms with van der Waals surface area (Å²) in [6.45, 7) is 2.10. The van der Waals surface area contributed by atoms with E-state index >= 15 is 0 Å². The number of nitrogens with one attached hydrogen (secondary N) is 1. The first-order chi connectivity index (χ1) is 8.97. The maximum absolute atomic E-state index is 11.5. The summed E-state index contributed by atoms with van der Waals surface area (Å²) in [5, 5.41) is 19.7. The Morgan fingerprint density at radius 1 is 1.00 bits per heavy atom. The second-order valence-corrected chi connectivity index (χ2v) is 4.55. The number of hydrogen-bond donors (Lipinski definition) is 3. The van der Waals surface area contributed by atoms with E-state index in [0.29, 0.717) is 6.42 Å². The molecule has 0 aliphatic carbocycles. The fourth-order valence-corrected chi connectivity index (χ4v) is 1.68. The second kappa shape index (κ2) is 13.4. The van der Waals surface area contributed by atoms with Gasteiger partial charge in [0.1, 0.15) is 6.04 Å². The Bertz CT molecular complexity index is 309. The quantitative estimate of drug-likeness (QED) is 0.392. The van der Waals surface area contributed by atoms with Crippen LogP contribution >= 0.6 is 0 Å². The molecule has 0 rings (SSSR count). The molecule has 0 aliphatic heterocycles. The van der Waals surface area contributed by atoms with Crippen LogP contribution in [0.4, 0.5) is 0 Å². The van der Waals surface area contributed by atoms with E-state index in [1.54, 1.807) is 0 Å². The molecule has 0 heterocycles. The van der Waals surface area contributed by atoms with Gasteiger partial charge in [0.05, 0.1) is 0 Å². The zero-order valence-electron chi connectivity index (χ0n) is 11.4. The first kappa shape index (κ1) is 21.7. The van der Waals surface area contributed by atoms with Crippen LogP contribution in [-0.2, 0) is 14.4 Å². The van der Waals surface area contributed by atoms with E-state index in [-0.39, 0.29) is 48.3 Å². The molecular formula is C13H24NNaO5. The van der Waals surface area contributed by atoms with Crippen LogP contribution in [0.2, 0.25) is 0 Å². The zero-order chi connectivity index (χ0) is 14.7. The number of carboxylic acid groups (broad SMARTS) is 2. The third-order valence-corrected chi connectivity index (χ3v) is 2.79. The Kier molecular flexibility index (Phi) is 14.5. The number of carbonyl (C=O) groups is 3. The third kappa shape index (κ3) is 12.4. The van der Waals surface area contributed by atoms with Crippen LogP contribution in [0.1, 0.15) is 58.3 Å². The van der Waals surface area contributed by atoms with E-state index in [1.807, 2.05) is 0 Å². The van der Waals surface area contributed by atoms with Gasteiger partial charge in [-0.2, -0.15) is 0 Å². The number of hydrogen-bond acceptors (Lipinski definition) is 3. The fraction of sp³-hybridized carbons (Fsp3) is 0.769. The van der Waals surface area contributed by atoms with E-state index in [4.69, 9.17) is 10.2 Å². The molecule has 0 aromatic rings. The Hall–Kier alpha value is -0.590. The van der Waals surface area contributed by atoms with Crippen molar-refractivity contribution in [1.29, 1.82) is 0 Å². The third-order valence-electron chi connectivity index (χ3n) is 2.79. The fourth-order valence-electron chi connectivity index (χ4n) is 1.68. The molecule has 0 bridgehead atoms. The molecule has 0 aliphatic rings. The molecule has 0 spiro atoms. The van der Waals surface area contributed by atoms with Gasteiger partial charge in [0, 0.05) is 12.8 Å². The summed E-state index contributed by atoms with van der Waals surface area (Å²) in [7, 11) is 0. The van der Waals surface area contributed by atoms with Gasteiger partial charge in [0.2, 0.25) is 5.91 Å². The first-order valence-electron chi connectivity index (χ1n) is 6.71. The van der Waals surface area contributed by atoms with Crippen LogP contribution in [0.3, 0.4) is 0 Å². The molecular weight excluding hydrogens is 273 g/mol. The van der Waals surface area contributed by atoms with Crippen molar-refractivity contribution in [1.82, 2.24) is 5.32 Å². The average Bonchev–Trinajstić information content (AvgIpc) is 2.33. The average molecular weight is 297 g/mol. The van der Waals surface area contributed by atoms with E-state index in [2.05, 4.69) is 12.2 Å². The van der Waals surface area contributed by atoms with Gasteiger partial charge < -0.3 is 15.5 Å². The van der Waals surface area contributed by atoms with Gasteiger partial charge >= 0.3 is 41.5 Å². The van der Waals surface area contributed by atoms with Crippen molar-refractivity contribution < 1.29 is 24.6 Å². The van der Waals surface area contributed by atoms with Crippen LogP contribution in [0.15, 0.2) is 0 Å². The molecule has 0 aromatic heterocycles. The summed E-state index contributed by atoms with van der Waals surface area (Å²) in [6, 6.07) is -1.11. The van der Waals surface area contributed by atoms with Gasteiger partial charge in [0.15, 0.2) is 0 Å². The summed E-state index contributed by atoms with van der Waals surface area (Å²) >= 11 is 0. The van der Waals surface area contributed by atoms with E-state index in [1.165, 1.54) is 0 Å². The van der Waals surface area contributed by atoms with Crippen LogP contribution < -0.4 is 5.32 Å². The maximum atomic E-state index is 11.5. The number of carbonyl (C=O) groups excluding carboxylic acids is 1. The van der Waals surface area contributed by atoms with Crippen LogP contribution in [0, 0.1) is 0 Å². The molecule has 112 valence electrons. The van der Waals surface area contributed by atoms with Crippen molar-refractivity contribution in [2.24, 2.45) is 0 Å². The summed E-state index contributed by atoms with van der Waals surface area (Å²) in [5.41, 5.74) is 0. The van der Waals surface area contributed by atoms with Gasteiger partial charge in [0.25, 0.3) is 0 Å². The zero-order valence-corrected chi connectivity index (χ0v) is 11.4. The Morgan fingerprint density at radius 3 is 2.10 bits per heavy atom. The molecule has 7 heteroatoms. The molecule has 0 fully saturated rings. The number of aliphatic carboxylic acids is 2. The normalized spacial score (nSPS) is 11.2. The topological polar surface area (TPSA) is 104 Å². The number of carboxylic acids is 2. The predicted molar refractivity (Wildman–Crippen MR) is 77.0 cm³/mol. The van der Waals surface area contributed by atoms with Crippen molar-refractivity contribution in [2.75, 3.05) is 0 Å². The van der Waals surface area contributed by atoms with E-state index in [0.717, 1.165) is 32.1 Å². The van der Waals surface area contributed by atoms with Crippen LogP contribution in [-0.4, -0.2) is 63.7 Å². The summed E-state index contributed by atoms with van der Waals surface area (Å²) in [5.74, 6) is -2.59. The molecule has 1 amide bonds. The van der Waals surface area contributed by atoms with Crippen molar-refractivity contribution >= 4 is 47.4 Å². The summed E-state index contributed by atoms with van der Waals surface area (Å²) in [6.07, 6.45) is 4.96. The van der Waals surface area contributed by atoms with Gasteiger partial charge in [-0.3, -0.25) is 9.59 Å². The van der Waals surface area contributed by atoms with Crippen molar-refractivity contribution in [3.8, 4) is 0 Å². The Balaban J connectivity index is 0. The van der Waals surface area contributed by atoms with Gasteiger partial charge in [-0.25, -0.2) is 4.79 Å². The monoisotopic (exact) mass is 297 g/mol. The predicted octanol–water partition coefficient (Wildman–Crippen LogP) is 1.13.